The highest BCUT2D eigenvalue weighted by molar-refractivity contribution is 4.66. The van der Waals surface area contributed by atoms with Crippen LogP contribution in [0.5, 0.6) is 0 Å². The lowest BCUT2D eigenvalue weighted by molar-refractivity contribution is 0.111. The van der Waals surface area contributed by atoms with E-state index in [-0.39, 0.29) is 6.10 Å². The molecule has 0 bridgehead atoms. The van der Waals surface area contributed by atoms with Gasteiger partial charge in [0.2, 0.25) is 0 Å². The van der Waals surface area contributed by atoms with Gasteiger partial charge >= 0.3 is 0 Å². The highest BCUT2D eigenvalue weighted by Crippen LogP contribution is 2.23. The van der Waals surface area contributed by atoms with Crippen molar-refractivity contribution in [2.75, 3.05) is 0 Å². The van der Waals surface area contributed by atoms with Crippen molar-refractivity contribution >= 4 is 0 Å². The number of hydrogen-bond donors (Lipinski definition) is 1. The molecule has 0 heterocycles. The molecule has 1 fully saturated rings. The largest absolute Gasteiger partial charge is 0.393 e. The molecule has 1 rings (SSSR count). The van der Waals surface area contributed by atoms with E-state index >= 15 is 0 Å². The molecule has 0 saturated heterocycles. The molecule has 0 spiro atoms. The maximum absolute atomic E-state index is 9.63. The summed E-state index contributed by atoms with van der Waals surface area (Å²) in [6, 6.07) is 0. The van der Waals surface area contributed by atoms with Gasteiger partial charge in [-0.05, 0) is 25.7 Å². The molecule has 1 aliphatic carbocycles. The molecule has 0 amide bonds. The van der Waals surface area contributed by atoms with E-state index in [4.69, 9.17) is 0 Å². The first-order valence-electron chi connectivity index (χ1n) is 6.49. The second-order valence-electron chi connectivity index (χ2n) is 4.91. The molecule has 1 saturated carbocycles. The van der Waals surface area contributed by atoms with Gasteiger partial charge in [0.05, 0.1) is 6.10 Å². The minimum absolute atomic E-state index is 0.0873. The van der Waals surface area contributed by atoms with Crippen LogP contribution in [0.15, 0.2) is 0 Å². The summed E-state index contributed by atoms with van der Waals surface area (Å²) in [5.74, 6) is 0.577. The Balaban J connectivity index is 2.27. The van der Waals surface area contributed by atoms with Gasteiger partial charge in [-0.25, -0.2) is 0 Å². The van der Waals surface area contributed by atoms with Gasteiger partial charge in [-0.1, -0.05) is 51.4 Å². The molecule has 14 heavy (non-hydrogen) atoms. The van der Waals surface area contributed by atoms with Crippen molar-refractivity contribution in [1.82, 2.24) is 0 Å². The Morgan fingerprint density at radius 2 is 1.14 bits per heavy atom. The zero-order chi connectivity index (χ0) is 10.2. The number of aliphatic hydroxyl groups is 1. The van der Waals surface area contributed by atoms with E-state index < -0.39 is 0 Å². The van der Waals surface area contributed by atoms with E-state index in [1.807, 2.05) is 6.92 Å². The smallest absolute Gasteiger partial charge is 0.0540 e. The predicted octanol–water partition coefficient (Wildman–Crippen LogP) is 3.90. The molecule has 84 valence electrons. The second-order valence-corrected chi connectivity index (χ2v) is 4.91. The zero-order valence-corrected chi connectivity index (χ0v) is 9.67. The topological polar surface area (TPSA) is 20.2 Å². The Kier molecular flexibility index (Phi) is 6.25. The summed E-state index contributed by atoms with van der Waals surface area (Å²) in [4.78, 5) is 0. The van der Waals surface area contributed by atoms with Crippen molar-refractivity contribution in [3.05, 3.63) is 0 Å². The van der Waals surface area contributed by atoms with Gasteiger partial charge in [0, 0.05) is 0 Å². The van der Waals surface area contributed by atoms with Crippen LogP contribution in [0, 0.1) is 5.92 Å². The van der Waals surface area contributed by atoms with E-state index in [0.717, 1.165) is 0 Å². The Bertz CT molecular complexity index is 119. The molecule has 1 unspecified atom stereocenters. The summed E-state index contributed by atoms with van der Waals surface area (Å²) in [5.41, 5.74) is 0. The summed E-state index contributed by atoms with van der Waals surface area (Å²) in [5, 5.41) is 9.63. The quantitative estimate of drug-likeness (QED) is 0.677. The minimum Gasteiger partial charge on any atom is -0.393 e. The van der Waals surface area contributed by atoms with E-state index in [1.165, 1.54) is 64.2 Å². The molecule has 1 aliphatic rings. The number of aliphatic hydroxyl groups excluding tert-OH is 1. The first-order chi connectivity index (χ1) is 6.80. The summed E-state index contributed by atoms with van der Waals surface area (Å²) >= 11 is 0. The fourth-order valence-corrected chi connectivity index (χ4v) is 2.50. The normalized spacial score (nSPS) is 25.3. The third-order valence-electron chi connectivity index (χ3n) is 3.58. The van der Waals surface area contributed by atoms with Crippen LogP contribution in [0.2, 0.25) is 0 Å². The lowest BCUT2D eigenvalue weighted by atomic mass is 9.91. The first-order valence-corrected chi connectivity index (χ1v) is 6.49. The number of rotatable bonds is 1. The van der Waals surface area contributed by atoms with E-state index in [1.54, 1.807) is 0 Å². The van der Waals surface area contributed by atoms with Gasteiger partial charge in [0.25, 0.3) is 0 Å². The molecule has 1 nitrogen and oxygen atoms in total. The van der Waals surface area contributed by atoms with Crippen molar-refractivity contribution in [2.24, 2.45) is 5.92 Å². The third kappa shape index (κ3) is 4.99. The summed E-state index contributed by atoms with van der Waals surface area (Å²) in [6.45, 7) is 1.96. The van der Waals surface area contributed by atoms with Gasteiger partial charge < -0.3 is 5.11 Å². The van der Waals surface area contributed by atoms with Crippen LogP contribution >= 0.6 is 0 Å². The highest BCUT2D eigenvalue weighted by Gasteiger charge is 2.14. The monoisotopic (exact) mass is 198 g/mol. The molecule has 0 aromatic heterocycles. The van der Waals surface area contributed by atoms with Crippen molar-refractivity contribution < 1.29 is 5.11 Å². The molecule has 1 N–H and O–H groups in total. The van der Waals surface area contributed by atoms with Gasteiger partial charge in [-0.3, -0.25) is 0 Å². The lowest BCUT2D eigenvalue weighted by Crippen LogP contribution is -2.16. The average molecular weight is 198 g/mol. The Morgan fingerprint density at radius 3 is 1.50 bits per heavy atom. The van der Waals surface area contributed by atoms with Crippen LogP contribution < -0.4 is 0 Å². The van der Waals surface area contributed by atoms with Crippen LogP contribution in [0.3, 0.4) is 0 Å². The predicted molar refractivity (Wildman–Crippen MR) is 61.3 cm³/mol. The van der Waals surface area contributed by atoms with Crippen molar-refractivity contribution in [2.45, 2.75) is 77.2 Å². The van der Waals surface area contributed by atoms with Crippen LogP contribution in [0.4, 0.5) is 0 Å². The molecule has 0 aromatic carbocycles. The van der Waals surface area contributed by atoms with E-state index in [0.29, 0.717) is 5.92 Å². The Labute approximate surface area is 88.9 Å². The standard InChI is InChI=1S/C13H26O/c1-12(14)13-10-8-6-4-2-3-5-7-9-11-13/h12-14H,2-11H2,1H3. The van der Waals surface area contributed by atoms with Gasteiger partial charge in [-0.2, -0.15) is 0 Å². The SMILES string of the molecule is CC(O)C1CCCCCCCCCC1. The van der Waals surface area contributed by atoms with Crippen LogP contribution in [-0.4, -0.2) is 11.2 Å². The summed E-state index contributed by atoms with van der Waals surface area (Å²) < 4.78 is 0. The summed E-state index contributed by atoms with van der Waals surface area (Å²) in [7, 11) is 0. The Hall–Kier alpha value is -0.0400. The van der Waals surface area contributed by atoms with Crippen LogP contribution in [-0.2, 0) is 0 Å². The first kappa shape index (κ1) is 12.0. The number of hydrogen-bond acceptors (Lipinski definition) is 1. The molecule has 0 aromatic rings. The zero-order valence-electron chi connectivity index (χ0n) is 9.67. The highest BCUT2D eigenvalue weighted by atomic mass is 16.3. The van der Waals surface area contributed by atoms with Crippen LogP contribution in [0.1, 0.15) is 71.1 Å². The average Bonchev–Trinajstić information content (AvgIpc) is 2.21. The fraction of sp³-hybridized carbons (Fsp3) is 1.00. The van der Waals surface area contributed by atoms with Crippen LogP contribution in [0.25, 0.3) is 0 Å². The third-order valence-corrected chi connectivity index (χ3v) is 3.58. The lowest BCUT2D eigenvalue weighted by Gasteiger charge is -2.19. The van der Waals surface area contributed by atoms with Crippen molar-refractivity contribution in [3.63, 3.8) is 0 Å². The molecule has 1 atom stereocenters. The van der Waals surface area contributed by atoms with E-state index in [2.05, 4.69) is 0 Å². The van der Waals surface area contributed by atoms with Crippen molar-refractivity contribution in [1.29, 1.82) is 0 Å². The molecule has 0 radical (unpaired) electrons. The molecule has 0 aliphatic heterocycles. The molecule has 1 heteroatoms. The fourth-order valence-electron chi connectivity index (χ4n) is 2.50. The Morgan fingerprint density at radius 1 is 0.786 bits per heavy atom. The van der Waals surface area contributed by atoms with Gasteiger partial charge in [-0.15, -0.1) is 0 Å². The minimum atomic E-state index is -0.0873. The molecular weight excluding hydrogens is 172 g/mol. The maximum atomic E-state index is 9.63. The van der Waals surface area contributed by atoms with Crippen molar-refractivity contribution in [3.8, 4) is 0 Å². The maximum Gasteiger partial charge on any atom is 0.0540 e. The second kappa shape index (κ2) is 7.28. The van der Waals surface area contributed by atoms with Gasteiger partial charge in [0.15, 0.2) is 0 Å². The summed E-state index contributed by atoms with van der Waals surface area (Å²) in [6.07, 6.45) is 13.5. The van der Waals surface area contributed by atoms with E-state index in [9.17, 15) is 5.11 Å². The molecular formula is C13H26O. The van der Waals surface area contributed by atoms with Gasteiger partial charge in [0.1, 0.15) is 0 Å².